The number of thiophene rings is 1. The van der Waals surface area contributed by atoms with Gasteiger partial charge in [0, 0.05) is 54.1 Å². The molecule has 8 heteroatoms. The van der Waals surface area contributed by atoms with Gasteiger partial charge in [0.25, 0.3) is 5.56 Å². The van der Waals surface area contributed by atoms with E-state index in [1.165, 1.54) is 21.8 Å². The molecule has 0 amide bonds. The topological polar surface area (TPSA) is 80.8 Å². The highest BCUT2D eigenvalue weighted by molar-refractivity contribution is 7.17. The Hall–Kier alpha value is -3.20. The number of carbonyl (C=O) groups excluding carboxylic acids is 1. The fourth-order valence-corrected chi connectivity index (χ4v) is 5.55. The number of ether oxygens (including phenoxy) is 1. The van der Waals surface area contributed by atoms with Crippen molar-refractivity contribution in [3.63, 3.8) is 0 Å². The maximum absolute atomic E-state index is 12.2. The number of unbranched alkanes of at least 4 members (excludes halogenated alkanes) is 1. The molecule has 0 unspecified atom stereocenters. The van der Waals surface area contributed by atoms with Crippen LogP contribution in [0, 0.1) is 0 Å². The highest BCUT2D eigenvalue weighted by Crippen LogP contribution is 2.31. The van der Waals surface area contributed by atoms with E-state index < -0.39 is 5.91 Å². The Kier molecular flexibility index (Phi) is 7.13. The van der Waals surface area contributed by atoms with Gasteiger partial charge in [0.05, 0.1) is 18.7 Å². The molecule has 1 saturated heterocycles. The summed E-state index contributed by atoms with van der Waals surface area (Å²) in [6.07, 6.45) is 2.00. The highest BCUT2D eigenvalue weighted by Gasteiger charge is 2.18. The summed E-state index contributed by atoms with van der Waals surface area (Å²) in [6.45, 7) is 5.66. The van der Waals surface area contributed by atoms with E-state index >= 15 is 0 Å². The molecule has 1 aliphatic rings. The van der Waals surface area contributed by atoms with Crippen molar-refractivity contribution in [2.45, 2.75) is 12.8 Å². The second-order valence-electron chi connectivity index (χ2n) is 8.82. The summed E-state index contributed by atoms with van der Waals surface area (Å²) in [5.74, 6) is 0.225. The predicted octanol–water partition coefficient (Wildman–Crippen LogP) is 3.80. The molecule has 2 aromatic heterocycles. The number of piperazine rings is 1. The van der Waals surface area contributed by atoms with Gasteiger partial charge in [-0.3, -0.25) is 14.5 Å². The second-order valence-corrected chi connectivity index (χ2v) is 9.77. The number of aromatic nitrogens is 1. The summed E-state index contributed by atoms with van der Waals surface area (Å²) in [5.41, 5.74) is 6.99. The fourth-order valence-electron chi connectivity index (χ4n) is 4.74. The molecule has 1 fully saturated rings. The number of anilines is 1. The Morgan fingerprint density at radius 1 is 1.00 bits per heavy atom. The van der Waals surface area contributed by atoms with Crippen molar-refractivity contribution < 1.29 is 9.53 Å². The summed E-state index contributed by atoms with van der Waals surface area (Å²) >= 11 is 1.80. The van der Waals surface area contributed by atoms with Crippen molar-refractivity contribution in [2.24, 2.45) is 5.73 Å². The van der Waals surface area contributed by atoms with Gasteiger partial charge in [0.15, 0.2) is 0 Å². The van der Waals surface area contributed by atoms with E-state index in [1.54, 1.807) is 23.5 Å². The highest BCUT2D eigenvalue weighted by atomic mass is 32.1. The predicted molar refractivity (Wildman–Crippen MR) is 143 cm³/mol. The number of fused-ring (bicyclic) bond motifs is 2. The van der Waals surface area contributed by atoms with Crippen LogP contribution in [-0.2, 0) is 0 Å². The molecule has 4 aromatic rings. The van der Waals surface area contributed by atoms with Crippen LogP contribution < -0.4 is 20.9 Å². The van der Waals surface area contributed by atoms with Crippen molar-refractivity contribution in [3.8, 4) is 5.75 Å². The summed E-state index contributed by atoms with van der Waals surface area (Å²) in [4.78, 5) is 29.4. The number of pyridine rings is 1. The second kappa shape index (κ2) is 10.6. The molecule has 1 aliphatic heterocycles. The Labute approximate surface area is 208 Å². The van der Waals surface area contributed by atoms with E-state index in [2.05, 4.69) is 39.4 Å². The summed E-state index contributed by atoms with van der Waals surface area (Å²) in [7, 11) is 0. The smallest absolute Gasteiger partial charge is 0.257 e. The summed E-state index contributed by atoms with van der Waals surface area (Å²) in [6, 6.07) is 17.4. The molecule has 2 N–H and O–H groups in total. The fraction of sp³-hybridized carbons (Fsp3) is 0.333. The number of rotatable bonds is 8. The summed E-state index contributed by atoms with van der Waals surface area (Å²) in [5, 5.41) is 4.33. The third-order valence-electron chi connectivity index (χ3n) is 6.62. The van der Waals surface area contributed by atoms with E-state index in [9.17, 15) is 9.59 Å². The Bertz CT molecular complexity index is 1390. The normalized spacial score (nSPS) is 14.6. The van der Waals surface area contributed by atoms with Crippen molar-refractivity contribution in [3.05, 3.63) is 70.3 Å². The van der Waals surface area contributed by atoms with Crippen molar-refractivity contribution in [2.75, 3.05) is 50.8 Å². The van der Waals surface area contributed by atoms with E-state index in [1.807, 2.05) is 12.1 Å². The van der Waals surface area contributed by atoms with E-state index in [-0.39, 0.29) is 12.1 Å². The molecular weight excluding hydrogens is 460 g/mol. The lowest BCUT2D eigenvalue weighted by Gasteiger charge is -2.36. The lowest BCUT2D eigenvalue weighted by Crippen LogP contribution is -2.46. The standard InChI is InChI=1S/C27H30N4O3S/c28-19-27(33)31-24-18-21(8-6-20(24)7-9-26(31)32)34-16-2-1-11-29-12-14-30(15-13-29)23-4-3-5-25-22(23)10-17-35-25/h3-10,17-18H,1-2,11-16,19,28H2. The van der Waals surface area contributed by atoms with Crippen LogP contribution in [0.25, 0.3) is 21.0 Å². The zero-order chi connectivity index (χ0) is 24.2. The lowest BCUT2D eigenvalue weighted by atomic mass is 10.2. The lowest BCUT2D eigenvalue weighted by molar-refractivity contribution is 0.0924. The minimum atomic E-state index is -0.426. The molecule has 3 heterocycles. The molecule has 0 spiro atoms. The first kappa shape index (κ1) is 23.5. The zero-order valence-corrected chi connectivity index (χ0v) is 20.5. The Morgan fingerprint density at radius 3 is 2.66 bits per heavy atom. The van der Waals surface area contributed by atoms with Crippen LogP contribution in [0.15, 0.2) is 64.8 Å². The van der Waals surface area contributed by atoms with Gasteiger partial charge in [0.2, 0.25) is 5.91 Å². The third kappa shape index (κ3) is 5.10. The first-order chi connectivity index (χ1) is 17.1. The molecule has 182 valence electrons. The first-order valence-corrected chi connectivity index (χ1v) is 13.0. The van der Waals surface area contributed by atoms with Gasteiger partial charge in [-0.2, -0.15) is 0 Å². The first-order valence-electron chi connectivity index (χ1n) is 12.1. The molecule has 0 aliphatic carbocycles. The summed E-state index contributed by atoms with van der Waals surface area (Å²) < 4.78 is 8.41. The van der Waals surface area contributed by atoms with E-state index in [0.717, 1.165) is 55.5 Å². The molecule has 0 bridgehead atoms. The zero-order valence-electron chi connectivity index (χ0n) is 19.7. The quantitative estimate of drug-likeness (QED) is 0.379. The number of hydrogen-bond donors (Lipinski definition) is 1. The molecule has 7 nitrogen and oxygen atoms in total. The molecule has 0 atom stereocenters. The van der Waals surface area contributed by atoms with Crippen molar-refractivity contribution in [1.29, 1.82) is 0 Å². The van der Waals surface area contributed by atoms with Crippen LogP contribution in [0.5, 0.6) is 5.75 Å². The van der Waals surface area contributed by atoms with Gasteiger partial charge in [-0.15, -0.1) is 11.3 Å². The monoisotopic (exact) mass is 490 g/mol. The van der Waals surface area contributed by atoms with E-state index in [4.69, 9.17) is 10.5 Å². The van der Waals surface area contributed by atoms with Crippen LogP contribution in [0.2, 0.25) is 0 Å². The molecule has 0 saturated carbocycles. The molecule has 2 aromatic carbocycles. The molecule has 5 rings (SSSR count). The van der Waals surface area contributed by atoms with Crippen LogP contribution in [0.4, 0.5) is 5.69 Å². The maximum Gasteiger partial charge on any atom is 0.257 e. The van der Waals surface area contributed by atoms with Crippen molar-refractivity contribution >= 4 is 43.9 Å². The van der Waals surface area contributed by atoms with Gasteiger partial charge in [0.1, 0.15) is 5.75 Å². The van der Waals surface area contributed by atoms with Gasteiger partial charge in [-0.25, -0.2) is 4.57 Å². The van der Waals surface area contributed by atoms with Gasteiger partial charge < -0.3 is 15.4 Å². The maximum atomic E-state index is 12.2. The van der Waals surface area contributed by atoms with Crippen LogP contribution >= 0.6 is 11.3 Å². The SMILES string of the molecule is NCC(=O)n1c(=O)ccc2ccc(OCCCCN3CCN(c4cccc5sccc45)CC3)cc21. The number of nitrogens with zero attached hydrogens (tertiary/aromatic N) is 3. The van der Waals surface area contributed by atoms with E-state index in [0.29, 0.717) is 17.9 Å². The van der Waals surface area contributed by atoms with Gasteiger partial charge in [-0.05, 0) is 66.6 Å². The molecule has 0 radical (unpaired) electrons. The van der Waals surface area contributed by atoms with Gasteiger partial charge in [-0.1, -0.05) is 6.07 Å². The van der Waals surface area contributed by atoms with Crippen molar-refractivity contribution in [1.82, 2.24) is 9.47 Å². The van der Waals surface area contributed by atoms with Crippen LogP contribution in [0.3, 0.4) is 0 Å². The average Bonchev–Trinajstić information content (AvgIpc) is 3.37. The Balaban J connectivity index is 1.09. The largest absolute Gasteiger partial charge is 0.494 e. The number of carbonyl (C=O) groups is 1. The average molecular weight is 491 g/mol. The number of nitrogens with two attached hydrogens (primary N) is 1. The third-order valence-corrected chi connectivity index (χ3v) is 7.50. The number of benzene rings is 2. The van der Waals surface area contributed by atoms with Gasteiger partial charge >= 0.3 is 0 Å². The van der Waals surface area contributed by atoms with Crippen LogP contribution in [-0.4, -0.2) is 61.2 Å². The molecular formula is C27H30N4O3S. The minimum absolute atomic E-state index is 0.220. The Morgan fingerprint density at radius 2 is 1.83 bits per heavy atom. The molecule has 35 heavy (non-hydrogen) atoms. The minimum Gasteiger partial charge on any atom is -0.494 e. The van der Waals surface area contributed by atoms with Crippen LogP contribution in [0.1, 0.15) is 17.6 Å². The number of hydrogen-bond acceptors (Lipinski definition) is 7.